The summed E-state index contributed by atoms with van der Waals surface area (Å²) in [5.74, 6) is 1.37. The number of hydrogen-bond donors (Lipinski definition) is 1. The summed E-state index contributed by atoms with van der Waals surface area (Å²) in [6.45, 7) is 5.31. The third-order valence-corrected chi connectivity index (χ3v) is 5.25. The average Bonchev–Trinajstić information content (AvgIpc) is 2.66. The molecule has 0 aliphatic carbocycles. The lowest BCUT2D eigenvalue weighted by molar-refractivity contribution is 0.282. The Morgan fingerprint density at radius 2 is 1.82 bits per heavy atom. The molecular weight excluding hydrogens is 438 g/mol. The van der Waals surface area contributed by atoms with Crippen molar-refractivity contribution in [2.75, 3.05) is 12.4 Å². The fourth-order valence-electron chi connectivity index (χ4n) is 3.01. The van der Waals surface area contributed by atoms with Gasteiger partial charge in [-0.25, -0.2) is 0 Å². The summed E-state index contributed by atoms with van der Waals surface area (Å²) in [5.41, 5.74) is 5.71. The largest absolute Gasteiger partial charge is 0.493 e. The molecule has 0 aliphatic rings. The van der Waals surface area contributed by atoms with E-state index >= 15 is 0 Å². The molecule has 0 aromatic heterocycles. The number of hydrogen-bond acceptors (Lipinski definition) is 3. The van der Waals surface area contributed by atoms with Crippen molar-refractivity contribution in [2.45, 2.75) is 27.0 Å². The van der Waals surface area contributed by atoms with Gasteiger partial charge in [-0.3, -0.25) is 0 Å². The maximum absolute atomic E-state index is 6.05. The number of anilines is 1. The van der Waals surface area contributed by atoms with Crippen LogP contribution in [0.15, 0.2) is 59.1 Å². The normalized spacial score (nSPS) is 10.6. The van der Waals surface area contributed by atoms with Crippen LogP contribution in [0.1, 0.15) is 22.3 Å². The van der Waals surface area contributed by atoms with E-state index in [0.717, 1.165) is 21.3 Å². The standard InChI is InChI=1S/C23H23BrClNO2/c1-15-7-8-21(16(2)9-15)26-13-18-11-20(24)23(22(12-18)27-3)28-14-17-5-4-6-19(25)10-17/h4-12,26H,13-14H2,1-3H3. The smallest absolute Gasteiger partial charge is 0.175 e. The number of benzene rings is 3. The first-order chi connectivity index (χ1) is 13.5. The molecule has 28 heavy (non-hydrogen) atoms. The molecule has 0 saturated heterocycles. The van der Waals surface area contributed by atoms with Gasteiger partial charge in [-0.2, -0.15) is 0 Å². The van der Waals surface area contributed by atoms with Crippen LogP contribution < -0.4 is 14.8 Å². The Balaban J connectivity index is 1.73. The van der Waals surface area contributed by atoms with Gasteiger partial charge in [-0.15, -0.1) is 0 Å². The van der Waals surface area contributed by atoms with Gasteiger partial charge in [0.05, 0.1) is 11.6 Å². The number of ether oxygens (including phenoxy) is 2. The zero-order chi connectivity index (χ0) is 20.1. The Bertz CT molecular complexity index is 975. The zero-order valence-corrected chi connectivity index (χ0v) is 18.5. The fourth-order valence-corrected chi connectivity index (χ4v) is 3.82. The van der Waals surface area contributed by atoms with Gasteiger partial charge in [0, 0.05) is 17.3 Å². The zero-order valence-electron chi connectivity index (χ0n) is 16.2. The molecule has 0 heterocycles. The predicted octanol–water partition coefficient (Wildman–Crippen LogP) is 6.92. The van der Waals surface area contributed by atoms with Crippen LogP contribution in [0.3, 0.4) is 0 Å². The van der Waals surface area contributed by atoms with Gasteiger partial charge in [0.15, 0.2) is 11.5 Å². The fraction of sp³-hybridized carbons (Fsp3) is 0.217. The summed E-state index contributed by atoms with van der Waals surface area (Å²) < 4.78 is 12.4. The maximum Gasteiger partial charge on any atom is 0.175 e. The van der Waals surface area contributed by atoms with Crippen LogP contribution in [-0.2, 0) is 13.2 Å². The van der Waals surface area contributed by atoms with Crippen molar-refractivity contribution in [1.82, 2.24) is 0 Å². The Morgan fingerprint density at radius 1 is 1.00 bits per heavy atom. The second kappa shape index (κ2) is 9.35. The Hall–Kier alpha value is -2.17. The highest BCUT2D eigenvalue weighted by molar-refractivity contribution is 9.10. The van der Waals surface area contributed by atoms with Crippen LogP contribution in [0.5, 0.6) is 11.5 Å². The molecule has 146 valence electrons. The molecule has 3 nitrogen and oxygen atoms in total. The van der Waals surface area contributed by atoms with E-state index in [-0.39, 0.29) is 0 Å². The van der Waals surface area contributed by atoms with Gasteiger partial charge in [0.1, 0.15) is 6.61 Å². The minimum atomic E-state index is 0.412. The summed E-state index contributed by atoms with van der Waals surface area (Å²) in [5, 5.41) is 4.18. The van der Waals surface area contributed by atoms with Gasteiger partial charge >= 0.3 is 0 Å². The molecule has 5 heteroatoms. The number of rotatable bonds is 7. The van der Waals surface area contributed by atoms with E-state index in [0.29, 0.717) is 29.7 Å². The lowest BCUT2D eigenvalue weighted by Gasteiger charge is -2.16. The van der Waals surface area contributed by atoms with E-state index < -0.39 is 0 Å². The van der Waals surface area contributed by atoms with Crippen molar-refractivity contribution >= 4 is 33.2 Å². The quantitative estimate of drug-likeness (QED) is 0.415. The molecule has 0 radical (unpaired) electrons. The van der Waals surface area contributed by atoms with Gasteiger partial charge in [0.2, 0.25) is 0 Å². The molecule has 1 N–H and O–H groups in total. The molecule has 0 amide bonds. The van der Waals surface area contributed by atoms with Gasteiger partial charge in [-0.05, 0) is 76.8 Å². The monoisotopic (exact) mass is 459 g/mol. The van der Waals surface area contributed by atoms with Crippen LogP contribution in [0.4, 0.5) is 5.69 Å². The molecule has 0 unspecified atom stereocenters. The maximum atomic E-state index is 6.05. The van der Waals surface area contributed by atoms with E-state index in [4.69, 9.17) is 21.1 Å². The highest BCUT2D eigenvalue weighted by Crippen LogP contribution is 2.37. The summed E-state index contributed by atoms with van der Waals surface area (Å²) in [7, 11) is 1.65. The highest BCUT2D eigenvalue weighted by atomic mass is 79.9. The second-order valence-electron chi connectivity index (χ2n) is 6.70. The molecule has 0 aliphatic heterocycles. The lowest BCUT2D eigenvalue weighted by atomic mass is 10.1. The molecule has 0 bridgehead atoms. The molecule has 0 fully saturated rings. The first kappa shape index (κ1) is 20.6. The summed E-state index contributed by atoms with van der Waals surface area (Å²) in [6, 6.07) is 18.1. The molecule has 3 aromatic rings. The van der Waals surface area contributed by atoms with E-state index in [1.54, 1.807) is 7.11 Å². The Kier molecular flexibility index (Phi) is 6.87. The molecule has 0 spiro atoms. The second-order valence-corrected chi connectivity index (χ2v) is 7.99. The summed E-state index contributed by atoms with van der Waals surface area (Å²) >= 11 is 9.66. The predicted molar refractivity (Wildman–Crippen MR) is 120 cm³/mol. The van der Waals surface area contributed by atoms with Crippen molar-refractivity contribution < 1.29 is 9.47 Å². The van der Waals surface area contributed by atoms with Crippen LogP contribution >= 0.6 is 27.5 Å². The number of aryl methyl sites for hydroxylation is 2. The first-order valence-corrected chi connectivity index (χ1v) is 10.2. The van der Waals surface area contributed by atoms with Crippen LogP contribution in [0, 0.1) is 13.8 Å². The third-order valence-electron chi connectivity index (χ3n) is 4.43. The minimum Gasteiger partial charge on any atom is -0.493 e. The summed E-state index contributed by atoms with van der Waals surface area (Å²) in [6.07, 6.45) is 0. The van der Waals surface area contributed by atoms with Crippen molar-refractivity contribution in [3.05, 3.63) is 86.3 Å². The van der Waals surface area contributed by atoms with Gasteiger partial charge < -0.3 is 14.8 Å². The topological polar surface area (TPSA) is 30.5 Å². The van der Waals surface area contributed by atoms with Gasteiger partial charge in [0.25, 0.3) is 0 Å². The minimum absolute atomic E-state index is 0.412. The Morgan fingerprint density at radius 3 is 2.54 bits per heavy atom. The van der Waals surface area contributed by atoms with Crippen LogP contribution in [-0.4, -0.2) is 7.11 Å². The molecule has 0 atom stereocenters. The SMILES string of the molecule is COc1cc(CNc2ccc(C)cc2C)cc(Br)c1OCc1cccc(Cl)c1. The number of methoxy groups -OCH3 is 1. The van der Waals surface area contributed by atoms with Crippen LogP contribution in [0.2, 0.25) is 5.02 Å². The third kappa shape index (κ3) is 5.21. The molecule has 3 rings (SSSR count). The molecule has 0 saturated carbocycles. The first-order valence-electron chi connectivity index (χ1n) is 9.01. The highest BCUT2D eigenvalue weighted by Gasteiger charge is 2.12. The van der Waals surface area contributed by atoms with Gasteiger partial charge in [-0.1, -0.05) is 41.4 Å². The van der Waals surface area contributed by atoms with E-state index in [2.05, 4.69) is 53.3 Å². The van der Waals surface area contributed by atoms with Crippen molar-refractivity contribution in [3.63, 3.8) is 0 Å². The van der Waals surface area contributed by atoms with Crippen LogP contribution in [0.25, 0.3) is 0 Å². The molecular formula is C23H23BrClNO2. The van der Waals surface area contributed by atoms with E-state index in [1.165, 1.54) is 11.1 Å². The molecule has 3 aromatic carbocycles. The van der Waals surface area contributed by atoms with E-state index in [9.17, 15) is 0 Å². The Labute approximate surface area is 179 Å². The summed E-state index contributed by atoms with van der Waals surface area (Å²) in [4.78, 5) is 0. The lowest BCUT2D eigenvalue weighted by Crippen LogP contribution is -2.03. The van der Waals surface area contributed by atoms with Crippen molar-refractivity contribution in [3.8, 4) is 11.5 Å². The number of halogens is 2. The number of nitrogens with one attached hydrogen (secondary N) is 1. The van der Waals surface area contributed by atoms with Crippen molar-refractivity contribution in [2.24, 2.45) is 0 Å². The van der Waals surface area contributed by atoms with E-state index in [1.807, 2.05) is 36.4 Å². The average molecular weight is 461 g/mol. The van der Waals surface area contributed by atoms with Crippen molar-refractivity contribution in [1.29, 1.82) is 0 Å².